The standard InChI is InChI=1S/C25H31Cl2NO3S/c1-2-3-7-15-28(16-14-19-8-5-4-6-9-19)25(31)20(10-13-24(29)30)18-32-21-11-12-22(26)23(27)17-21/h4-6,8-9,11-12,17,20H,2-3,7,10,13-16,18H2,1H3,(H,29,30). The van der Waals surface area contributed by atoms with Crippen LogP contribution in [0.3, 0.4) is 0 Å². The molecule has 0 saturated carbocycles. The van der Waals surface area contributed by atoms with Crippen LogP contribution < -0.4 is 0 Å². The van der Waals surface area contributed by atoms with E-state index in [4.69, 9.17) is 23.2 Å². The smallest absolute Gasteiger partial charge is 0.303 e. The predicted molar refractivity (Wildman–Crippen MR) is 134 cm³/mol. The highest BCUT2D eigenvalue weighted by Gasteiger charge is 2.25. The van der Waals surface area contributed by atoms with E-state index in [2.05, 4.69) is 19.1 Å². The molecule has 2 rings (SSSR count). The van der Waals surface area contributed by atoms with Crippen LogP contribution >= 0.6 is 35.0 Å². The molecule has 0 heterocycles. The number of amides is 1. The zero-order chi connectivity index (χ0) is 23.3. The molecule has 174 valence electrons. The van der Waals surface area contributed by atoms with Crippen molar-refractivity contribution in [3.63, 3.8) is 0 Å². The first kappa shape index (κ1) is 26.6. The molecule has 0 aromatic heterocycles. The maximum atomic E-state index is 13.5. The van der Waals surface area contributed by atoms with Gasteiger partial charge in [0.05, 0.1) is 10.0 Å². The van der Waals surface area contributed by atoms with Gasteiger partial charge in [-0.1, -0.05) is 73.3 Å². The Balaban J connectivity index is 2.10. The molecule has 2 aromatic rings. The summed E-state index contributed by atoms with van der Waals surface area (Å²) in [4.78, 5) is 27.5. The van der Waals surface area contributed by atoms with Gasteiger partial charge < -0.3 is 10.0 Å². The number of hydrogen-bond acceptors (Lipinski definition) is 3. The minimum absolute atomic E-state index is 0.0280. The van der Waals surface area contributed by atoms with Crippen molar-refractivity contribution in [3.8, 4) is 0 Å². The molecule has 0 aliphatic carbocycles. The van der Waals surface area contributed by atoms with Gasteiger partial charge in [-0.25, -0.2) is 0 Å². The number of carbonyl (C=O) groups excluding carboxylic acids is 1. The zero-order valence-electron chi connectivity index (χ0n) is 18.4. The van der Waals surface area contributed by atoms with Crippen molar-refractivity contribution in [2.45, 2.75) is 50.3 Å². The van der Waals surface area contributed by atoms with Crippen LogP contribution in [0, 0.1) is 5.92 Å². The third-order valence-electron chi connectivity index (χ3n) is 5.25. The Bertz CT molecular complexity index is 864. The number of nitrogens with zero attached hydrogens (tertiary/aromatic N) is 1. The van der Waals surface area contributed by atoms with Crippen LogP contribution in [0.1, 0.15) is 44.6 Å². The number of carboxylic acids is 1. The molecule has 0 spiro atoms. The van der Waals surface area contributed by atoms with Crippen molar-refractivity contribution < 1.29 is 14.7 Å². The Kier molecular flexibility index (Phi) is 12.0. The summed E-state index contributed by atoms with van der Waals surface area (Å²) in [6.07, 6.45) is 4.16. The lowest BCUT2D eigenvalue weighted by molar-refractivity contribution is -0.138. The Morgan fingerprint density at radius 3 is 2.44 bits per heavy atom. The number of aliphatic carboxylic acids is 1. The zero-order valence-corrected chi connectivity index (χ0v) is 20.8. The number of rotatable bonds is 14. The quantitative estimate of drug-likeness (QED) is 0.230. The van der Waals surface area contributed by atoms with Crippen LogP contribution in [0.25, 0.3) is 0 Å². The van der Waals surface area contributed by atoms with Crippen molar-refractivity contribution in [2.75, 3.05) is 18.8 Å². The highest BCUT2D eigenvalue weighted by atomic mass is 35.5. The normalized spacial score (nSPS) is 11.8. The number of hydrogen-bond donors (Lipinski definition) is 1. The fourth-order valence-corrected chi connectivity index (χ4v) is 4.82. The van der Waals surface area contributed by atoms with Crippen molar-refractivity contribution in [1.29, 1.82) is 0 Å². The summed E-state index contributed by atoms with van der Waals surface area (Å²) in [5, 5.41) is 10.1. The maximum Gasteiger partial charge on any atom is 0.303 e. The van der Waals surface area contributed by atoms with Gasteiger partial charge in [-0.05, 0) is 43.0 Å². The highest BCUT2D eigenvalue weighted by molar-refractivity contribution is 7.99. The number of thioether (sulfide) groups is 1. The molecule has 1 N–H and O–H groups in total. The fraction of sp³-hybridized carbons (Fsp3) is 0.440. The molecule has 4 nitrogen and oxygen atoms in total. The molecule has 2 aromatic carbocycles. The van der Waals surface area contributed by atoms with Crippen molar-refractivity contribution in [3.05, 3.63) is 64.1 Å². The average Bonchev–Trinajstić information content (AvgIpc) is 2.78. The molecule has 1 unspecified atom stereocenters. The monoisotopic (exact) mass is 495 g/mol. The van der Waals surface area contributed by atoms with E-state index in [1.807, 2.05) is 29.2 Å². The first-order valence-electron chi connectivity index (χ1n) is 11.0. The molecule has 1 amide bonds. The van der Waals surface area contributed by atoms with Crippen molar-refractivity contribution >= 4 is 46.8 Å². The van der Waals surface area contributed by atoms with Crippen LogP contribution in [0.15, 0.2) is 53.4 Å². The van der Waals surface area contributed by atoms with Crippen LogP contribution in [-0.4, -0.2) is 40.7 Å². The minimum Gasteiger partial charge on any atom is -0.481 e. The van der Waals surface area contributed by atoms with Crippen molar-refractivity contribution in [2.24, 2.45) is 5.92 Å². The Hall–Kier alpha value is -1.69. The summed E-state index contributed by atoms with van der Waals surface area (Å²) in [5.41, 5.74) is 1.19. The molecule has 7 heteroatoms. The van der Waals surface area contributed by atoms with E-state index in [9.17, 15) is 14.7 Å². The van der Waals surface area contributed by atoms with E-state index in [1.165, 1.54) is 17.3 Å². The molecular weight excluding hydrogens is 465 g/mol. The van der Waals surface area contributed by atoms with Gasteiger partial charge >= 0.3 is 5.97 Å². The SMILES string of the molecule is CCCCCN(CCc1ccccc1)C(=O)C(CCC(=O)O)CSc1ccc(Cl)c(Cl)c1. The van der Waals surface area contributed by atoms with Gasteiger partial charge in [0.15, 0.2) is 0 Å². The predicted octanol–water partition coefficient (Wildman–Crippen LogP) is 6.83. The van der Waals surface area contributed by atoms with E-state index in [0.29, 0.717) is 35.3 Å². The summed E-state index contributed by atoms with van der Waals surface area (Å²) in [5.74, 6) is -0.724. The number of carbonyl (C=O) groups is 2. The fourth-order valence-electron chi connectivity index (χ4n) is 3.39. The number of carboxylic acid groups (broad SMARTS) is 1. The van der Waals surface area contributed by atoms with Gasteiger partial charge in [0.25, 0.3) is 0 Å². The van der Waals surface area contributed by atoms with E-state index < -0.39 is 5.97 Å². The van der Waals surface area contributed by atoms with Gasteiger partial charge in [0.2, 0.25) is 5.91 Å². The first-order chi connectivity index (χ1) is 15.4. The number of unbranched alkanes of at least 4 members (excludes halogenated alkanes) is 2. The first-order valence-corrected chi connectivity index (χ1v) is 12.8. The lowest BCUT2D eigenvalue weighted by Crippen LogP contribution is -2.39. The summed E-state index contributed by atoms with van der Waals surface area (Å²) in [6.45, 7) is 3.47. The summed E-state index contributed by atoms with van der Waals surface area (Å²) < 4.78 is 0. The van der Waals surface area contributed by atoms with E-state index in [1.54, 1.807) is 12.1 Å². The third-order valence-corrected chi connectivity index (χ3v) is 7.15. The molecule has 0 fully saturated rings. The lowest BCUT2D eigenvalue weighted by atomic mass is 10.0. The second-order valence-corrected chi connectivity index (χ2v) is 9.69. The van der Waals surface area contributed by atoms with Crippen LogP contribution in [-0.2, 0) is 16.0 Å². The Labute approximate surface area is 205 Å². The van der Waals surface area contributed by atoms with E-state index in [0.717, 1.165) is 30.6 Å². The van der Waals surface area contributed by atoms with E-state index >= 15 is 0 Å². The molecular formula is C25H31Cl2NO3S. The van der Waals surface area contributed by atoms with Gasteiger partial charge in [0, 0.05) is 36.1 Å². The summed E-state index contributed by atoms with van der Waals surface area (Å²) in [7, 11) is 0. The number of benzene rings is 2. The van der Waals surface area contributed by atoms with Crippen LogP contribution in [0.5, 0.6) is 0 Å². The highest BCUT2D eigenvalue weighted by Crippen LogP contribution is 2.30. The van der Waals surface area contributed by atoms with Crippen LogP contribution in [0.4, 0.5) is 0 Å². The topological polar surface area (TPSA) is 57.6 Å². The Morgan fingerprint density at radius 2 is 1.78 bits per heavy atom. The maximum absolute atomic E-state index is 13.5. The lowest BCUT2D eigenvalue weighted by Gasteiger charge is -2.27. The third kappa shape index (κ3) is 9.43. The Morgan fingerprint density at radius 1 is 1.03 bits per heavy atom. The molecule has 0 aliphatic heterocycles. The second kappa shape index (κ2) is 14.5. The second-order valence-electron chi connectivity index (χ2n) is 7.78. The largest absolute Gasteiger partial charge is 0.481 e. The number of halogens is 2. The van der Waals surface area contributed by atoms with Crippen molar-refractivity contribution in [1.82, 2.24) is 4.90 Å². The molecule has 0 radical (unpaired) electrons. The molecule has 0 saturated heterocycles. The van der Waals surface area contributed by atoms with Gasteiger partial charge in [-0.15, -0.1) is 11.8 Å². The minimum atomic E-state index is -0.885. The average molecular weight is 497 g/mol. The van der Waals surface area contributed by atoms with Gasteiger partial charge in [-0.3, -0.25) is 9.59 Å². The summed E-state index contributed by atoms with van der Waals surface area (Å²) in [6, 6.07) is 15.5. The molecule has 0 bridgehead atoms. The van der Waals surface area contributed by atoms with E-state index in [-0.39, 0.29) is 18.2 Å². The summed E-state index contributed by atoms with van der Waals surface area (Å²) >= 11 is 13.6. The van der Waals surface area contributed by atoms with Gasteiger partial charge in [-0.2, -0.15) is 0 Å². The molecule has 1 atom stereocenters. The van der Waals surface area contributed by atoms with Gasteiger partial charge in [0.1, 0.15) is 0 Å². The molecule has 0 aliphatic rings. The molecule has 32 heavy (non-hydrogen) atoms. The van der Waals surface area contributed by atoms with Crippen LogP contribution in [0.2, 0.25) is 10.0 Å².